The van der Waals surface area contributed by atoms with Gasteiger partial charge < -0.3 is 9.90 Å². The molecule has 0 unspecified atom stereocenters. The van der Waals surface area contributed by atoms with E-state index in [2.05, 4.69) is 0 Å². The zero-order valence-corrected chi connectivity index (χ0v) is 5.39. The molecule has 0 bridgehead atoms. The normalized spacial score (nSPS) is 9.00. The maximum Gasteiger partial charge on any atom is 0.303 e. The third-order valence-electron chi connectivity index (χ3n) is 0.919. The molecule has 52 valence electrons. The van der Waals surface area contributed by atoms with Crippen LogP contribution in [0.15, 0.2) is 0 Å². The van der Waals surface area contributed by atoms with Gasteiger partial charge in [-0.1, -0.05) is 0 Å². The van der Waals surface area contributed by atoms with Crippen LogP contribution < -0.4 is 0 Å². The van der Waals surface area contributed by atoms with Crippen molar-refractivity contribution in [1.82, 2.24) is 0 Å². The molecule has 9 heavy (non-hydrogen) atoms. The second kappa shape index (κ2) is 4.06. The van der Waals surface area contributed by atoms with Crippen molar-refractivity contribution in [2.45, 2.75) is 26.2 Å². The van der Waals surface area contributed by atoms with Gasteiger partial charge >= 0.3 is 5.97 Å². The highest BCUT2D eigenvalue weighted by atomic mass is 16.4. The van der Waals surface area contributed by atoms with Crippen molar-refractivity contribution in [2.24, 2.45) is 0 Å². The fourth-order valence-electron chi connectivity index (χ4n) is 0.489. The molecule has 0 aliphatic rings. The lowest BCUT2D eigenvalue weighted by Gasteiger charge is -1.89. The van der Waals surface area contributed by atoms with Gasteiger partial charge in [0.1, 0.15) is 5.78 Å². The molecule has 0 spiro atoms. The number of rotatable bonds is 4. The zero-order valence-electron chi connectivity index (χ0n) is 5.39. The van der Waals surface area contributed by atoms with E-state index in [1.165, 1.54) is 6.92 Å². The van der Waals surface area contributed by atoms with Crippen LogP contribution in [-0.2, 0) is 9.59 Å². The van der Waals surface area contributed by atoms with Crippen LogP contribution >= 0.6 is 0 Å². The van der Waals surface area contributed by atoms with Gasteiger partial charge in [0.15, 0.2) is 0 Å². The fourth-order valence-corrected chi connectivity index (χ4v) is 0.489. The summed E-state index contributed by atoms with van der Waals surface area (Å²) in [6, 6.07) is 0. The summed E-state index contributed by atoms with van der Waals surface area (Å²) in [5.41, 5.74) is 0. The van der Waals surface area contributed by atoms with E-state index < -0.39 is 5.97 Å². The Bertz CT molecular complexity index is 103. The quantitative estimate of drug-likeness (QED) is 0.613. The van der Waals surface area contributed by atoms with Crippen LogP contribution in [0.25, 0.3) is 0 Å². The molecule has 0 radical (unpaired) electrons. The first-order valence-corrected chi connectivity index (χ1v) is 2.84. The Morgan fingerprint density at radius 2 is 1.89 bits per heavy atom. The fraction of sp³-hybridized carbons (Fsp3) is 0.667. The summed E-state index contributed by atoms with van der Waals surface area (Å²) in [7, 11) is 0. The van der Waals surface area contributed by atoms with E-state index in [9.17, 15) is 9.59 Å². The minimum Gasteiger partial charge on any atom is -0.481 e. The summed E-state index contributed by atoms with van der Waals surface area (Å²) >= 11 is 0. The van der Waals surface area contributed by atoms with Crippen LogP contribution in [0.3, 0.4) is 0 Å². The van der Waals surface area contributed by atoms with E-state index in [-0.39, 0.29) is 12.2 Å². The van der Waals surface area contributed by atoms with Crippen LogP contribution in [0.5, 0.6) is 0 Å². The van der Waals surface area contributed by atoms with Gasteiger partial charge in [0.05, 0.1) is 0 Å². The second-order valence-corrected chi connectivity index (χ2v) is 1.95. The lowest BCUT2D eigenvalue weighted by atomic mass is 10.2. The predicted octanol–water partition coefficient (Wildman–Crippen LogP) is 0.830. The van der Waals surface area contributed by atoms with Gasteiger partial charge in [-0.3, -0.25) is 4.79 Å². The molecule has 0 atom stereocenters. The minimum absolute atomic E-state index is 0.0521. The highest BCUT2D eigenvalue weighted by Gasteiger charge is 1.97. The molecule has 0 saturated carbocycles. The molecule has 3 nitrogen and oxygen atoms in total. The monoisotopic (exact) mass is 130 g/mol. The SMILES string of the molecule is CC(=O)CCCC(=O)O. The molecule has 0 aromatic carbocycles. The molecule has 3 heteroatoms. The standard InChI is InChI=1S/C6H10O3/c1-5(7)3-2-4-6(8)9/h2-4H2,1H3,(H,8,9). The van der Waals surface area contributed by atoms with E-state index in [1.807, 2.05) is 0 Å². The average Bonchev–Trinajstić information content (AvgIpc) is 1.63. The van der Waals surface area contributed by atoms with Crippen molar-refractivity contribution < 1.29 is 14.7 Å². The molecule has 0 saturated heterocycles. The van der Waals surface area contributed by atoms with Gasteiger partial charge in [-0.25, -0.2) is 0 Å². The first kappa shape index (κ1) is 8.14. The molecule has 0 amide bonds. The number of carboxylic acid groups (broad SMARTS) is 1. The number of carboxylic acids is 1. The molecule has 0 aliphatic carbocycles. The molecule has 0 aliphatic heterocycles. The number of aliphatic carboxylic acids is 1. The van der Waals surface area contributed by atoms with Crippen molar-refractivity contribution in [3.8, 4) is 0 Å². The maximum absolute atomic E-state index is 10.2. The van der Waals surface area contributed by atoms with Gasteiger partial charge in [0.25, 0.3) is 0 Å². The summed E-state index contributed by atoms with van der Waals surface area (Å²) in [4.78, 5) is 20.1. The van der Waals surface area contributed by atoms with Crippen LogP contribution in [0, 0.1) is 0 Å². The largest absolute Gasteiger partial charge is 0.481 e. The third-order valence-corrected chi connectivity index (χ3v) is 0.919. The number of Topliss-reactive ketones (excluding diaryl/α,β-unsaturated/α-hetero) is 1. The molecule has 0 fully saturated rings. The topological polar surface area (TPSA) is 54.4 Å². The number of carbonyl (C=O) groups is 2. The Morgan fingerprint density at radius 1 is 1.33 bits per heavy atom. The smallest absolute Gasteiger partial charge is 0.303 e. The summed E-state index contributed by atoms with van der Waals surface area (Å²) in [6.07, 6.45) is 0.941. The van der Waals surface area contributed by atoms with Crippen LogP contribution in [0.4, 0.5) is 0 Å². The molecule has 0 rings (SSSR count). The zero-order chi connectivity index (χ0) is 7.28. The Hall–Kier alpha value is -0.860. The third kappa shape index (κ3) is 7.14. The van der Waals surface area contributed by atoms with E-state index >= 15 is 0 Å². The number of carbonyl (C=O) groups excluding carboxylic acids is 1. The van der Waals surface area contributed by atoms with Gasteiger partial charge in [-0.05, 0) is 13.3 Å². The molecule has 0 aromatic rings. The molecular weight excluding hydrogens is 120 g/mol. The Balaban J connectivity index is 3.10. The summed E-state index contributed by atoms with van der Waals surface area (Å²) in [5, 5.41) is 8.12. The molecule has 0 heterocycles. The predicted molar refractivity (Wildman–Crippen MR) is 32.2 cm³/mol. The van der Waals surface area contributed by atoms with Crippen molar-refractivity contribution in [3.05, 3.63) is 0 Å². The second-order valence-electron chi connectivity index (χ2n) is 1.95. The average molecular weight is 130 g/mol. The van der Waals surface area contributed by atoms with Crippen LogP contribution in [-0.4, -0.2) is 16.9 Å². The summed E-state index contributed by atoms with van der Waals surface area (Å²) in [6.45, 7) is 1.46. The van der Waals surface area contributed by atoms with E-state index in [1.54, 1.807) is 0 Å². The Morgan fingerprint density at radius 3 is 2.22 bits per heavy atom. The van der Waals surface area contributed by atoms with Gasteiger partial charge in [-0.15, -0.1) is 0 Å². The van der Waals surface area contributed by atoms with Gasteiger partial charge in [-0.2, -0.15) is 0 Å². The summed E-state index contributed by atoms with van der Waals surface area (Å²) in [5.74, 6) is -0.785. The van der Waals surface area contributed by atoms with E-state index in [0.29, 0.717) is 12.8 Å². The lowest BCUT2D eigenvalue weighted by Crippen LogP contribution is -1.96. The Labute approximate surface area is 53.7 Å². The minimum atomic E-state index is -0.837. The van der Waals surface area contributed by atoms with Crippen molar-refractivity contribution in [2.75, 3.05) is 0 Å². The highest BCUT2D eigenvalue weighted by molar-refractivity contribution is 5.76. The van der Waals surface area contributed by atoms with Crippen molar-refractivity contribution in [3.63, 3.8) is 0 Å². The van der Waals surface area contributed by atoms with E-state index in [4.69, 9.17) is 5.11 Å². The number of hydrogen-bond donors (Lipinski definition) is 1. The Kier molecular flexibility index (Phi) is 3.67. The number of hydrogen-bond acceptors (Lipinski definition) is 2. The van der Waals surface area contributed by atoms with Crippen LogP contribution in [0.2, 0.25) is 0 Å². The van der Waals surface area contributed by atoms with Crippen molar-refractivity contribution >= 4 is 11.8 Å². The van der Waals surface area contributed by atoms with Gasteiger partial charge in [0.2, 0.25) is 0 Å². The van der Waals surface area contributed by atoms with E-state index in [0.717, 1.165) is 0 Å². The number of ketones is 1. The molecule has 0 aromatic heterocycles. The van der Waals surface area contributed by atoms with Gasteiger partial charge in [0, 0.05) is 12.8 Å². The summed E-state index contributed by atoms with van der Waals surface area (Å²) < 4.78 is 0. The van der Waals surface area contributed by atoms with Crippen molar-refractivity contribution in [1.29, 1.82) is 0 Å². The lowest BCUT2D eigenvalue weighted by molar-refractivity contribution is -0.137. The maximum atomic E-state index is 10.2. The molecular formula is C6H10O3. The van der Waals surface area contributed by atoms with Crippen LogP contribution in [0.1, 0.15) is 26.2 Å². The first-order valence-electron chi connectivity index (χ1n) is 2.84. The first-order chi connectivity index (χ1) is 4.13. The highest BCUT2D eigenvalue weighted by Crippen LogP contribution is 1.94. The molecule has 1 N–H and O–H groups in total.